The van der Waals surface area contributed by atoms with Crippen molar-refractivity contribution < 1.29 is 17.9 Å². The molecule has 3 aromatic rings. The zero-order valence-corrected chi connectivity index (χ0v) is 17.7. The number of thiazole rings is 1. The standard InChI is InChI=1S/C20H19N3O4S2/c1-11-4-7-17(12(2)8-11)29(25,26)23-20-22-19(13(3)28-20)14-5-6-16-15(9-14)21-18(24)10-27-16/h4-9H,10H2,1-3H3,(H,21,24)(H,22,23). The van der Waals surface area contributed by atoms with Crippen LogP contribution in [0, 0.1) is 20.8 Å². The molecule has 0 saturated heterocycles. The van der Waals surface area contributed by atoms with Crippen LogP contribution in [0.5, 0.6) is 5.75 Å². The molecule has 0 spiro atoms. The lowest BCUT2D eigenvalue weighted by molar-refractivity contribution is -0.118. The second-order valence-corrected chi connectivity index (χ2v) is 9.70. The molecule has 4 rings (SSSR count). The Hall–Kier alpha value is -2.91. The minimum absolute atomic E-state index is 0.00751. The van der Waals surface area contributed by atoms with Crippen molar-refractivity contribution in [2.24, 2.45) is 0 Å². The van der Waals surface area contributed by atoms with Crippen molar-refractivity contribution in [1.82, 2.24) is 4.98 Å². The van der Waals surface area contributed by atoms with Gasteiger partial charge in [-0.05, 0) is 50.6 Å². The van der Waals surface area contributed by atoms with Gasteiger partial charge in [0.25, 0.3) is 15.9 Å². The average Bonchev–Trinajstić information content (AvgIpc) is 3.00. The first kappa shape index (κ1) is 19.4. The molecule has 0 saturated carbocycles. The van der Waals surface area contributed by atoms with Gasteiger partial charge < -0.3 is 10.1 Å². The van der Waals surface area contributed by atoms with Crippen molar-refractivity contribution in [3.8, 4) is 17.0 Å². The van der Waals surface area contributed by atoms with Gasteiger partial charge in [0.05, 0.1) is 16.3 Å². The van der Waals surface area contributed by atoms with E-state index < -0.39 is 10.0 Å². The Morgan fingerprint density at radius 2 is 1.93 bits per heavy atom. The average molecular weight is 430 g/mol. The lowest BCUT2D eigenvalue weighted by atomic mass is 10.1. The molecule has 7 nitrogen and oxygen atoms in total. The van der Waals surface area contributed by atoms with Gasteiger partial charge in [-0.25, -0.2) is 13.4 Å². The molecule has 0 bridgehead atoms. The minimum Gasteiger partial charge on any atom is -0.482 e. The third kappa shape index (κ3) is 3.83. The van der Waals surface area contributed by atoms with Gasteiger partial charge in [-0.3, -0.25) is 9.52 Å². The van der Waals surface area contributed by atoms with Crippen molar-refractivity contribution in [2.75, 3.05) is 16.6 Å². The number of ether oxygens (including phenoxy) is 1. The summed E-state index contributed by atoms with van der Waals surface area (Å²) in [5.74, 6) is 0.378. The molecule has 9 heteroatoms. The fraction of sp³-hybridized carbons (Fsp3) is 0.200. The van der Waals surface area contributed by atoms with Crippen LogP contribution in [0.2, 0.25) is 0 Å². The molecule has 2 heterocycles. The van der Waals surface area contributed by atoms with Crippen molar-refractivity contribution in [2.45, 2.75) is 25.7 Å². The first-order valence-corrected chi connectivity index (χ1v) is 11.2. The lowest BCUT2D eigenvalue weighted by Crippen LogP contribution is -2.25. The fourth-order valence-corrected chi connectivity index (χ4v) is 5.51. The van der Waals surface area contributed by atoms with Crippen LogP contribution in [0.3, 0.4) is 0 Å². The number of nitrogens with zero attached hydrogens (tertiary/aromatic N) is 1. The molecule has 1 amide bonds. The van der Waals surface area contributed by atoms with E-state index in [1.165, 1.54) is 11.3 Å². The Kier molecular flexibility index (Phi) is 4.79. The van der Waals surface area contributed by atoms with Crippen LogP contribution in [0.15, 0.2) is 41.3 Å². The largest absolute Gasteiger partial charge is 0.482 e. The predicted molar refractivity (Wildman–Crippen MR) is 113 cm³/mol. The Labute approximate surface area is 172 Å². The van der Waals surface area contributed by atoms with Gasteiger partial charge in [-0.15, -0.1) is 11.3 Å². The first-order valence-electron chi connectivity index (χ1n) is 8.87. The Morgan fingerprint density at radius 1 is 1.14 bits per heavy atom. The van der Waals surface area contributed by atoms with E-state index in [1.807, 2.05) is 26.0 Å². The number of anilines is 2. The van der Waals surface area contributed by atoms with E-state index >= 15 is 0 Å². The summed E-state index contributed by atoms with van der Waals surface area (Å²) < 4.78 is 33.6. The summed E-state index contributed by atoms with van der Waals surface area (Å²) in [5, 5.41) is 3.05. The number of amides is 1. The summed E-state index contributed by atoms with van der Waals surface area (Å²) in [5.41, 5.74) is 3.66. The second-order valence-electron chi connectivity index (χ2n) is 6.85. The number of benzene rings is 2. The van der Waals surface area contributed by atoms with Crippen LogP contribution < -0.4 is 14.8 Å². The van der Waals surface area contributed by atoms with Gasteiger partial charge in [0.1, 0.15) is 5.75 Å². The number of fused-ring (bicyclic) bond motifs is 1. The lowest BCUT2D eigenvalue weighted by Gasteiger charge is -2.18. The number of aryl methyl sites for hydroxylation is 3. The highest BCUT2D eigenvalue weighted by Crippen LogP contribution is 2.36. The number of carbonyl (C=O) groups is 1. The maximum atomic E-state index is 12.8. The third-order valence-electron chi connectivity index (χ3n) is 4.52. The molecule has 0 atom stereocenters. The SMILES string of the molecule is Cc1ccc(S(=O)(=O)Nc2nc(-c3ccc4c(c3)NC(=O)CO4)c(C)s2)c(C)c1. The maximum Gasteiger partial charge on any atom is 0.263 e. The Bertz CT molecular complexity index is 1230. The first-order chi connectivity index (χ1) is 13.7. The molecule has 1 aromatic heterocycles. The van der Waals surface area contributed by atoms with Crippen LogP contribution in [-0.4, -0.2) is 25.9 Å². The Morgan fingerprint density at radius 3 is 2.69 bits per heavy atom. The zero-order valence-electron chi connectivity index (χ0n) is 16.1. The number of aromatic nitrogens is 1. The topological polar surface area (TPSA) is 97.4 Å². The number of sulfonamides is 1. The molecule has 0 aliphatic carbocycles. The molecule has 1 aliphatic heterocycles. The molecule has 150 valence electrons. The molecular formula is C20H19N3O4S2. The van der Waals surface area contributed by atoms with E-state index in [9.17, 15) is 13.2 Å². The van der Waals surface area contributed by atoms with Crippen LogP contribution in [0.25, 0.3) is 11.3 Å². The van der Waals surface area contributed by atoms with Crippen molar-refractivity contribution in [3.05, 3.63) is 52.4 Å². The maximum absolute atomic E-state index is 12.8. The molecular weight excluding hydrogens is 410 g/mol. The van der Waals surface area contributed by atoms with Crippen LogP contribution in [0.1, 0.15) is 16.0 Å². The summed E-state index contributed by atoms with van der Waals surface area (Å²) in [7, 11) is -3.75. The van der Waals surface area contributed by atoms with Crippen LogP contribution in [0.4, 0.5) is 10.8 Å². The number of nitrogens with one attached hydrogen (secondary N) is 2. The van der Waals surface area contributed by atoms with Gasteiger partial charge >= 0.3 is 0 Å². The fourth-order valence-electron chi connectivity index (χ4n) is 3.21. The summed E-state index contributed by atoms with van der Waals surface area (Å²) in [6, 6.07) is 10.6. The van der Waals surface area contributed by atoms with Crippen LogP contribution in [-0.2, 0) is 14.8 Å². The quantitative estimate of drug-likeness (QED) is 0.656. The monoisotopic (exact) mass is 429 g/mol. The van der Waals surface area contributed by atoms with E-state index in [0.717, 1.165) is 16.0 Å². The number of rotatable bonds is 4. The van der Waals surface area contributed by atoms with E-state index in [1.54, 1.807) is 31.2 Å². The third-order valence-corrected chi connectivity index (χ3v) is 7.04. The predicted octanol–water partition coefficient (Wildman–Crippen LogP) is 3.87. The molecule has 2 aromatic carbocycles. The van der Waals surface area contributed by atoms with E-state index in [0.29, 0.717) is 22.7 Å². The summed E-state index contributed by atoms with van der Waals surface area (Å²) >= 11 is 1.26. The van der Waals surface area contributed by atoms with Crippen molar-refractivity contribution in [3.63, 3.8) is 0 Å². The molecule has 0 unspecified atom stereocenters. The molecule has 1 aliphatic rings. The number of hydrogen-bond acceptors (Lipinski definition) is 6. The van der Waals surface area contributed by atoms with E-state index in [4.69, 9.17) is 4.74 Å². The zero-order chi connectivity index (χ0) is 20.8. The van der Waals surface area contributed by atoms with Gasteiger partial charge in [0.15, 0.2) is 11.7 Å². The van der Waals surface area contributed by atoms with E-state index in [-0.39, 0.29) is 22.5 Å². The molecule has 2 N–H and O–H groups in total. The normalized spacial score (nSPS) is 13.4. The molecule has 29 heavy (non-hydrogen) atoms. The Balaban J connectivity index is 1.65. The van der Waals surface area contributed by atoms with Crippen molar-refractivity contribution >= 4 is 38.1 Å². The molecule has 0 fully saturated rings. The minimum atomic E-state index is -3.75. The highest BCUT2D eigenvalue weighted by Gasteiger charge is 2.21. The molecule has 0 radical (unpaired) electrons. The van der Waals surface area contributed by atoms with E-state index in [2.05, 4.69) is 15.0 Å². The highest BCUT2D eigenvalue weighted by molar-refractivity contribution is 7.93. The summed E-state index contributed by atoms with van der Waals surface area (Å²) in [6.07, 6.45) is 0. The number of hydrogen-bond donors (Lipinski definition) is 2. The van der Waals surface area contributed by atoms with Crippen LogP contribution >= 0.6 is 11.3 Å². The summed E-state index contributed by atoms with van der Waals surface area (Å²) in [6.45, 7) is 5.55. The number of carbonyl (C=O) groups excluding carboxylic acids is 1. The second kappa shape index (κ2) is 7.16. The van der Waals surface area contributed by atoms with Gasteiger partial charge in [-0.2, -0.15) is 0 Å². The highest BCUT2D eigenvalue weighted by atomic mass is 32.2. The van der Waals surface area contributed by atoms with Gasteiger partial charge in [0, 0.05) is 10.4 Å². The van der Waals surface area contributed by atoms with Crippen molar-refractivity contribution in [1.29, 1.82) is 0 Å². The van der Waals surface area contributed by atoms with Gasteiger partial charge in [0.2, 0.25) is 0 Å². The summed E-state index contributed by atoms with van der Waals surface area (Å²) in [4.78, 5) is 17.1. The van der Waals surface area contributed by atoms with Gasteiger partial charge in [-0.1, -0.05) is 17.7 Å². The smallest absolute Gasteiger partial charge is 0.263 e.